The Balaban J connectivity index is 2.13. The van der Waals surface area contributed by atoms with Gasteiger partial charge >= 0.3 is 0 Å². The van der Waals surface area contributed by atoms with Crippen LogP contribution in [0.3, 0.4) is 0 Å². The molecule has 0 aromatic rings. The van der Waals surface area contributed by atoms with Crippen LogP contribution in [-0.2, 0) is 0 Å². The van der Waals surface area contributed by atoms with E-state index in [1.807, 2.05) is 0 Å². The fourth-order valence-corrected chi connectivity index (χ4v) is 3.89. The molecule has 2 heteroatoms. The first-order valence-electron chi connectivity index (χ1n) is 5.87. The van der Waals surface area contributed by atoms with Crippen LogP contribution < -0.4 is 0 Å². The molecular weight excluding hydrogens is 188 g/mol. The normalized spacial score (nSPS) is 52.7. The van der Waals surface area contributed by atoms with E-state index >= 15 is 0 Å². The monoisotopic (exact) mass is 206 g/mol. The second kappa shape index (κ2) is 2.74. The first-order valence-corrected chi connectivity index (χ1v) is 5.87. The van der Waals surface area contributed by atoms with Gasteiger partial charge in [-0.2, -0.15) is 0 Å². The summed E-state index contributed by atoms with van der Waals surface area (Å²) in [5.41, 5.74) is -1.63. The van der Waals surface area contributed by atoms with Crippen molar-refractivity contribution in [2.24, 2.45) is 5.41 Å². The SMILES string of the molecule is O[C@@]12CC=CCC13CC=CC[C@@]3(O)CC2. The average Bonchev–Trinajstić information content (AvgIpc) is 2.48. The molecule has 2 N–H and O–H groups in total. The summed E-state index contributed by atoms with van der Waals surface area (Å²) in [5, 5.41) is 21.4. The second-order valence-electron chi connectivity index (χ2n) is 5.40. The maximum Gasteiger partial charge on any atom is 0.0772 e. The second-order valence-corrected chi connectivity index (χ2v) is 5.40. The fraction of sp³-hybridized carbons (Fsp3) is 0.692. The van der Waals surface area contributed by atoms with Crippen molar-refractivity contribution in [3.63, 3.8) is 0 Å². The predicted octanol–water partition coefficient (Wildman–Crippen LogP) is 1.93. The molecule has 1 saturated carbocycles. The van der Waals surface area contributed by atoms with Crippen LogP contribution in [0.15, 0.2) is 24.3 Å². The van der Waals surface area contributed by atoms with Gasteiger partial charge in [-0.05, 0) is 38.5 Å². The molecule has 3 rings (SSSR count). The highest BCUT2D eigenvalue weighted by Gasteiger charge is 2.66. The molecule has 0 amide bonds. The van der Waals surface area contributed by atoms with E-state index in [1.165, 1.54) is 0 Å². The van der Waals surface area contributed by atoms with Gasteiger partial charge < -0.3 is 10.2 Å². The zero-order valence-electron chi connectivity index (χ0n) is 8.95. The number of aliphatic hydroxyl groups is 2. The Morgan fingerprint density at radius 1 is 0.667 bits per heavy atom. The third-order valence-electron chi connectivity index (χ3n) is 4.91. The summed E-state index contributed by atoms with van der Waals surface area (Å²) in [6.07, 6.45) is 12.9. The van der Waals surface area contributed by atoms with E-state index < -0.39 is 11.2 Å². The molecule has 0 radical (unpaired) electrons. The minimum atomic E-state index is -0.665. The van der Waals surface area contributed by atoms with Crippen molar-refractivity contribution in [1.82, 2.24) is 0 Å². The summed E-state index contributed by atoms with van der Waals surface area (Å²) in [7, 11) is 0. The van der Waals surface area contributed by atoms with Crippen molar-refractivity contribution < 1.29 is 10.2 Å². The third-order valence-corrected chi connectivity index (χ3v) is 4.91. The third kappa shape index (κ3) is 0.969. The maximum absolute atomic E-state index is 10.7. The summed E-state index contributed by atoms with van der Waals surface area (Å²) < 4.78 is 0. The molecule has 0 saturated heterocycles. The van der Waals surface area contributed by atoms with Crippen LogP contribution in [0.1, 0.15) is 38.5 Å². The molecule has 0 unspecified atom stereocenters. The molecule has 15 heavy (non-hydrogen) atoms. The Morgan fingerprint density at radius 3 is 1.53 bits per heavy atom. The first-order chi connectivity index (χ1) is 7.12. The zero-order valence-corrected chi connectivity index (χ0v) is 8.95. The molecule has 0 aromatic heterocycles. The maximum atomic E-state index is 10.7. The van der Waals surface area contributed by atoms with Crippen molar-refractivity contribution in [2.75, 3.05) is 0 Å². The van der Waals surface area contributed by atoms with E-state index in [9.17, 15) is 10.2 Å². The lowest BCUT2D eigenvalue weighted by Crippen LogP contribution is -2.57. The van der Waals surface area contributed by atoms with Gasteiger partial charge in [0.1, 0.15) is 0 Å². The Labute approximate surface area is 90.3 Å². The molecule has 3 aliphatic carbocycles. The summed E-state index contributed by atoms with van der Waals surface area (Å²) in [6.45, 7) is 0. The molecule has 82 valence electrons. The molecular formula is C13H18O2. The molecule has 0 heterocycles. The van der Waals surface area contributed by atoms with Gasteiger partial charge in [-0.1, -0.05) is 24.3 Å². The minimum Gasteiger partial charge on any atom is -0.389 e. The molecule has 1 spiro atoms. The summed E-state index contributed by atoms with van der Waals surface area (Å²) in [5.74, 6) is 0. The standard InChI is InChI=1S/C13H18O2/c14-12-7-3-1-5-11(12)6-2-4-8-13(11,15)10-9-12/h1-4,14-15H,5-10H2/t11?,12-,13-/m1/s1. The van der Waals surface area contributed by atoms with Crippen molar-refractivity contribution >= 4 is 0 Å². The number of hydrogen-bond acceptors (Lipinski definition) is 2. The lowest BCUT2D eigenvalue weighted by atomic mass is 9.57. The molecule has 0 aliphatic heterocycles. The van der Waals surface area contributed by atoms with Crippen molar-refractivity contribution in [1.29, 1.82) is 0 Å². The zero-order chi connectivity index (χ0) is 10.6. The van der Waals surface area contributed by atoms with Crippen LogP contribution in [-0.4, -0.2) is 21.4 Å². The van der Waals surface area contributed by atoms with Crippen LogP contribution >= 0.6 is 0 Å². The van der Waals surface area contributed by atoms with Gasteiger partial charge in [-0.3, -0.25) is 0 Å². The van der Waals surface area contributed by atoms with E-state index in [2.05, 4.69) is 24.3 Å². The summed E-state index contributed by atoms with van der Waals surface area (Å²) in [4.78, 5) is 0. The van der Waals surface area contributed by atoms with Gasteiger partial charge in [0.25, 0.3) is 0 Å². The van der Waals surface area contributed by atoms with Crippen molar-refractivity contribution in [2.45, 2.75) is 49.7 Å². The largest absolute Gasteiger partial charge is 0.389 e. The van der Waals surface area contributed by atoms with E-state index in [0.29, 0.717) is 12.8 Å². The van der Waals surface area contributed by atoms with E-state index in [0.717, 1.165) is 25.7 Å². The Hall–Kier alpha value is -0.600. The molecule has 2 atom stereocenters. The summed E-state index contributed by atoms with van der Waals surface area (Å²) in [6, 6.07) is 0. The van der Waals surface area contributed by atoms with Gasteiger partial charge in [0.05, 0.1) is 11.2 Å². The van der Waals surface area contributed by atoms with Crippen LogP contribution in [0.5, 0.6) is 0 Å². The smallest absolute Gasteiger partial charge is 0.0772 e. The highest BCUT2D eigenvalue weighted by molar-refractivity contribution is 5.27. The predicted molar refractivity (Wildman–Crippen MR) is 58.3 cm³/mol. The highest BCUT2D eigenvalue weighted by atomic mass is 16.3. The minimum absolute atomic E-state index is 0.302. The number of rotatable bonds is 0. The first kappa shape index (κ1) is 9.61. The topological polar surface area (TPSA) is 40.5 Å². The van der Waals surface area contributed by atoms with Gasteiger partial charge in [-0.15, -0.1) is 0 Å². The van der Waals surface area contributed by atoms with Crippen molar-refractivity contribution in [3.8, 4) is 0 Å². The molecule has 0 bridgehead atoms. The van der Waals surface area contributed by atoms with E-state index in [1.54, 1.807) is 0 Å². The fourth-order valence-electron chi connectivity index (χ4n) is 3.89. The van der Waals surface area contributed by atoms with Crippen LogP contribution in [0.25, 0.3) is 0 Å². The lowest BCUT2D eigenvalue weighted by Gasteiger charge is -2.52. The van der Waals surface area contributed by atoms with Crippen molar-refractivity contribution in [3.05, 3.63) is 24.3 Å². The average molecular weight is 206 g/mol. The van der Waals surface area contributed by atoms with Gasteiger partial charge in [-0.25, -0.2) is 0 Å². The lowest BCUT2D eigenvalue weighted by molar-refractivity contribution is -0.153. The Kier molecular flexibility index (Phi) is 1.76. The Bertz CT molecular complexity index is 310. The molecule has 0 aromatic carbocycles. The molecule has 1 fully saturated rings. The van der Waals surface area contributed by atoms with Crippen LogP contribution in [0.4, 0.5) is 0 Å². The van der Waals surface area contributed by atoms with Crippen LogP contribution in [0.2, 0.25) is 0 Å². The molecule has 2 nitrogen and oxygen atoms in total. The highest BCUT2D eigenvalue weighted by Crippen LogP contribution is 2.63. The summed E-state index contributed by atoms with van der Waals surface area (Å²) >= 11 is 0. The number of allylic oxidation sites excluding steroid dienone is 2. The van der Waals surface area contributed by atoms with E-state index in [4.69, 9.17) is 0 Å². The van der Waals surface area contributed by atoms with Gasteiger partial charge in [0.2, 0.25) is 0 Å². The van der Waals surface area contributed by atoms with Gasteiger partial charge in [0, 0.05) is 5.41 Å². The molecule has 3 aliphatic rings. The van der Waals surface area contributed by atoms with Gasteiger partial charge in [0.15, 0.2) is 0 Å². The van der Waals surface area contributed by atoms with E-state index in [-0.39, 0.29) is 5.41 Å². The Morgan fingerprint density at radius 2 is 1.07 bits per heavy atom. The quantitative estimate of drug-likeness (QED) is 0.594. The van der Waals surface area contributed by atoms with Crippen LogP contribution in [0, 0.1) is 5.41 Å². The number of hydrogen-bond donors (Lipinski definition) is 2.